The highest BCUT2D eigenvalue weighted by molar-refractivity contribution is 5.93. The number of aliphatic hydroxyl groups is 4. The van der Waals surface area contributed by atoms with Crippen molar-refractivity contribution >= 4 is 5.78 Å². The first-order valence-electron chi connectivity index (χ1n) is 9.73. The second kappa shape index (κ2) is 9.71. The van der Waals surface area contributed by atoms with Gasteiger partial charge in [-0.1, -0.05) is 27.7 Å². The molecule has 1 rings (SSSR count). The molecule has 0 bridgehead atoms. The van der Waals surface area contributed by atoms with E-state index >= 15 is 0 Å². The lowest BCUT2D eigenvalue weighted by molar-refractivity contribution is -0.286. The van der Waals surface area contributed by atoms with Crippen molar-refractivity contribution in [1.82, 2.24) is 10.6 Å². The minimum atomic E-state index is -1.73. The summed E-state index contributed by atoms with van der Waals surface area (Å²) in [6, 6.07) is -1.10. The van der Waals surface area contributed by atoms with Crippen LogP contribution in [0.1, 0.15) is 53.4 Å². The van der Waals surface area contributed by atoms with Crippen molar-refractivity contribution in [2.24, 2.45) is 5.73 Å². The molecule has 6 unspecified atom stereocenters. The summed E-state index contributed by atoms with van der Waals surface area (Å²) in [7, 11) is 1.68. The van der Waals surface area contributed by atoms with Gasteiger partial charge in [-0.2, -0.15) is 0 Å². The van der Waals surface area contributed by atoms with Crippen LogP contribution in [-0.2, 0) is 9.53 Å². The Hall–Kier alpha value is -0.650. The molecule has 8 N–H and O–H groups in total. The average molecular weight is 392 g/mol. The number of hydrogen-bond acceptors (Lipinski definition) is 9. The molecule has 0 spiro atoms. The van der Waals surface area contributed by atoms with E-state index in [0.29, 0.717) is 25.7 Å². The van der Waals surface area contributed by atoms with Crippen LogP contribution < -0.4 is 16.4 Å². The summed E-state index contributed by atoms with van der Waals surface area (Å²) in [4.78, 5) is 13.5. The van der Waals surface area contributed by atoms with Gasteiger partial charge >= 0.3 is 0 Å². The molecule has 160 valence electrons. The molecule has 0 aliphatic carbocycles. The number of hydrogen-bond donors (Lipinski definition) is 7. The molecular weight excluding hydrogens is 354 g/mol. The van der Waals surface area contributed by atoms with E-state index in [1.165, 1.54) is 0 Å². The third kappa shape index (κ3) is 4.86. The van der Waals surface area contributed by atoms with Gasteiger partial charge in [0.2, 0.25) is 0 Å². The van der Waals surface area contributed by atoms with Crippen LogP contribution in [0.15, 0.2) is 0 Å². The molecule has 9 heteroatoms. The van der Waals surface area contributed by atoms with E-state index in [-0.39, 0.29) is 5.78 Å². The quantitative estimate of drug-likeness (QED) is 0.222. The van der Waals surface area contributed by atoms with E-state index in [9.17, 15) is 25.2 Å². The normalized spacial score (nSPS) is 31.0. The predicted octanol–water partition coefficient (Wildman–Crippen LogP) is -1.43. The van der Waals surface area contributed by atoms with E-state index < -0.39 is 47.9 Å². The summed E-state index contributed by atoms with van der Waals surface area (Å²) >= 11 is 0. The Morgan fingerprint density at radius 2 is 1.52 bits per heavy atom. The molecule has 6 atom stereocenters. The first-order chi connectivity index (χ1) is 12.6. The summed E-state index contributed by atoms with van der Waals surface area (Å²) in [6.45, 7) is 7.48. The Morgan fingerprint density at radius 1 is 1.00 bits per heavy atom. The fourth-order valence-corrected chi connectivity index (χ4v) is 3.60. The minimum Gasteiger partial charge on any atom is -0.388 e. The zero-order chi connectivity index (χ0) is 21.0. The number of Topliss-reactive ketones (excluding diaryl/α,β-unsaturated/α-hetero) is 1. The molecule has 1 fully saturated rings. The molecule has 0 amide bonds. The zero-order valence-corrected chi connectivity index (χ0v) is 17.0. The van der Waals surface area contributed by atoms with Crippen LogP contribution in [0.3, 0.4) is 0 Å². The van der Waals surface area contributed by atoms with Crippen molar-refractivity contribution in [1.29, 1.82) is 0 Å². The van der Waals surface area contributed by atoms with E-state index in [2.05, 4.69) is 10.6 Å². The molecule has 0 aromatic rings. The maximum absolute atomic E-state index is 13.5. The molecule has 0 saturated carbocycles. The fourth-order valence-electron chi connectivity index (χ4n) is 3.60. The molecule has 27 heavy (non-hydrogen) atoms. The van der Waals surface area contributed by atoms with Crippen molar-refractivity contribution in [2.45, 2.75) is 101 Å². The number of nitrogens with one attached hydrogen (secondary N) is 2. The van der Waals surface area contributed by atoms with Crippen LogP contribution in [0.2, 0.25) is 0 Å². The topological polar surface area (TPSA) is 157 Å². The van der Waals surface area contributed by atoms with E-state index in [4.69, 9.17) is 10.5 Å². The first kappa shape index (κ1) is 24.4. The van der Waals surface area contributed by atoms with Crippen molar-refractivity contribution in [3.8, 4) is 0 Å². The Morgan fingerprint density at radius 3 is 1.93 bits per heavy atom. The van der Waals surface area contributed by atoms with Gasteiger partial charge in [-0.15, -0.1) is 0 Å². The number of ether oxygens (including phenoxy) is 1. The number of carbonyl (C=O) groups excluding carboxylic acids is 1. The number of rotatable bonds is 10. The highest BCUT2D eigenvalue weighted by Gasteiger charge is 2.52. The van der Waals surface area contributed by atoms with Gasteiger partial charge in [-0.05, 0) is 32.7 Å². The van der Waals surface area contributed by atoms with Crippen LogP contribution in [-0.4, -0.2) is 81.2 Å². The van der Waals surface area contributed by atoms with Gasteiger partial charge in [0.1, 0.15) is 24.4 Å². The van der Waals surface area contributed by atoms with Crippen LogP contribution >= 0.6 is 0 Å². The smallest absolute Gasteiger partial charge is 0.184 e. The van der Waals surface area contributed by atoms with E-state index in [1.54, 1.807) is 7.05 Å². The molecule has 0 aromatic carbocycles. The van der Waals surface area contributed by atoms with Gasteiger partial charge in [-0.3, -0.25) is 10.1 Å². The highest BCUT2D eigenvalue weighted by atomic mass is 16.6. The van der Waals surface area contributed by atoms with Gasteiger partial charge in [0, 0.05) is 0 Å². The average Bonchev–Trinajstić information content (AvgIpc) is 2.69. The van der Waals surface area contributed by atoms with Crippen molar-refractivity contribution in [3.05, 3.63) is 0 Å². The van der Waals surface area contributed by atoms with Crippen LogP contribution in [0, 0.1) is 0 Å². The Balaban J connectivity index is 3.35. The van der Waals surface area contributed by atoms with Crippen molar-refractivity contribution in [2.75, 3.05) is 7.05 Å². The third-order valence-electron chi connectivity index (χ3n) is 6.10. The van der Waals surface area contributed by atoms with E-state index in [0.717, 1.165) is 0 Å². The Labute approximate surface area is 161 Å². The Bertz CT molecular complexity index is 475. The monoisotopic (exact) mass is 391 g/mol. The summed E-state index contributed by atoms with van der Waals surface area (Å²) in [5.74, 6) is -0.286. The summed E-state index contributed by atoms with van der Waals surface area (Å²) in [6.07, 6.45) is -5.91. The largest absolute Gasteiger partial charge is 0.388 e. The molecule has 1 aliphatic rings. The molecule has 1 heterocycles. The SMILES string of the molecule is CCC(N)(CC)NC(C(=O)C(CC)(CC)NC)C1OC(O)C(O)C(O)C1O. The van der Waals surface area contributed by atoms with Gasteiger partial charge in [0.25, 0.3) is 0 Å². The van der Waals surface area contributed by atoms with Crippen LogP contribution in [0.4, 0.5) is 0 Å². The fraction of sp³-hybridized carbons (Fsp3) is 0.944. The lowest BCUT2D eigenvalue weighted by Crippen LogP contribution is -2.72. The summed E-state index contributed by atoms with van der Waals surface area (Å²) in [5, 5.41) is 46.4. The van der Waals surface area contributed by atoms with Gasteiger partial charge in [-0.25, -0.2) is 0 Å². The van der Waals surface area contributed by atoms with Crippen LogP contribution in [0.25, 0.3) is 0 Å². The lowest BCUT2D eigenvalue weighted by Gasteiger charge is -2.46. The number of nitrogens with two attached hydrogens (primary N) is 1. The first-order valence-corrected chi connectivity index (χ1v) is 9.73. The number of likely N-dealkylation sites (N-methyl/N-ethyl adjacent to an activating group) is 1. The molecule has 1 saturated heterocycles. The summed E-state index contributed by atoms with van der Waals surface area (Å²) < 4.78 is 5.36. The zero-order valence-electron chi connectivity index (χ0n) is 17.0. The number of aliphatic hydroxyl groups excluding tert-OH is 4. The maximum Gasteiger partial charge on any atom is 0.184 e. The molecule has 9 nitrogen and oxygen atoms in total. The molecule has 0 radical (unpaired) electrons. The summed E-state index contributed by atoms with van der Waals surface area (Å²) in [5.41, 5.74) is 4.56. The number of carbonyl (C=O) groups is 1. The van der Waals surface area contributed by atoms with E-state index in [1.807, 2.05) is 27.7 Å². The highest BCUT2D eigenvalue weighted by Crippen LogP contribution is 2.28. The molecule has 0 aromatic heterocycles. The second-order valence-corrected chi connectivity index (χ2v) is 7.35. The van der Waals surface area contributed by atoms with Crippen LogP contribution in [0.5, 0.6) is 0 Å². The third-order valence-corrected chi connectivity index (χ3v) is 6.10. The predicted molar refractivity (Wildman–Crippen MR) is 101 cm³/mol. The van der Waals surface area contributed by atoms with Gasteiger partial charge in [0.15, 0.2) is 12.1 Å². The van der Waals surface area contributed by atoms with Crippen molar-refractivity contribution in [3.63, 3.8) is 0 Å². The van der Waals surface area contributed by atoms with Crippen molar-refractivity contribution < 1.29 is 30.0 Å². The van der Waals surface area contributed by atoms with Gasteiger partial charge in [0.05, 0.1) is 17.2 Å². The second-order valence-electron chi connectivity index (χ2n) is 7.35. The standard InChI is InChI=1S/C18H37N3O6/c1-6-17(7-2,20-5)15(25)10(21-18(19,8-3)9-4)14-12(23)11(22)13(24)16(26)27-14/h10-14,16,20-24,26H,6-9,19H2,1-5H3. The van der Waals surface area contributed by atoms with Gasteiger partial charge < -0.3 is 36.2 Å². The number of ketones is 1. The maximum atomic E-state index is 13.5. The molecule has 1 aliphatic heterocycles. The molecular formula is C18H37N3O6. The minimum absolute atomic E-state index is 0.286. The Kier molecular flexibility index (Phi) is 8.77. The lowest BCUT2D eigenvalue weighted by atomic mass is 9.79.